The fraction of sp³-hybridized carbons (Fsp3) is 0.714. The van der Waals surface area contributed by atoms with Crippen LogP contribution in [0, 0.1) is 0 Å². The van der Waals surface area contributed by atoms with Gasteiger partial charge in [-0.2, -0.15) is 0 Å². The summed E-state index contributed by atoms with van der Waals surface area (Å²) < 4.78 is 28.7. The molecule has 112 valence electrons. The smallest absolute Gasteiger partial charge is 0.153 e. The second kappa shape index (κ2) is 5.87. The molecule has 0 aromatic carbocycles. The van der Waals surface area contributed by atoms with Crippen molar-refractivity contribution in [3.05, 3.63) is 24.2 Å². The zero-order chi connectivity index (χ0) is 14.0. The van der Waals surface area contributed by atoms with Crippen molar-refractivity contribution < 1.29 is 12.8 Å². The van der Waals surface area contributed by atoms with E-state index in [1.54, 1.807) is 6.26 Å². The number of nitrogens with zero attached hydrogens (tertiary/aromatic N) is 1. The van der Waals surface area contributed by atoms with Gasteiger partial charge in [-0.1, -0.05) is 0 Å². The monoisotopic (exact) mass is 298 g/mol. The van der Waals surface area contributed by atoms with Crippen LogP contribution in [-0.2, 0) is 16.4 Å². The van der Waals surface area contributed by atoms with E-state index in [2.05, 4.69) is 10.2 Å². The molecule has 0 spiro atoms. The zero-order valence-electron chi connectivity index (χ0n) is 11.6. The average molecular weight is 298 g/mol. The minimum atomic E-state index is -2.83. The van der Waals surface area contributed by atoms with Crippen LogP contribution in [0.3, 0.4) is 0 Å². The fourth-order valence-corrected chi connectivity index (χ4v) is 4.30. The highest BCUT2D eigenvalue weighted by molar-refractivity contribution is 7.91. The van der Waals surface area contributed by atoms with Crippen molar-refractivity contribution in [2.45, 2.75) is 37.9 Å². The molecule has 0 amide bonds. The average Bonchev–Trinajstić information content (AvgIpc) is 3.11. The molecule has 5 nitrogen and oxygen atoms in total. The molecule has 1 aliphatic heterocycles. The van der Waals surface area contributed by atoms with Gasteiger partial charge in [0, 0.05) is 25.2 Å². The minimum Gasteiger partial charge on any atom is -0.468 e. The Morgan fingerprint density at radius 2 is 2.25 bits per heavy atom. The van der Waals surface area contributed by atoms with Crippen LogP contribution in [0.1, 0.15) is 25.0 Å². The van der Waals surface area contributed by atoms with Crippen molar-refractivity contribution in [3.63, 3.8) is 0 Å². The second-order valence-corrected chi connectivity index (χ2v) is 8.06. The van der Waals surface area contributed by atoms with Gasteiger partial charge < -0.3 is 9.73 Å². The summed E-state index contributed by atoms with van der Waals surface area (Å²) in [7, 11) is -2.83. The maximum absolute atomic E-state index is 11.6. The molecule has 0 radical (unpaired) electrons. The summed E-state index contributed by atoms with van der Waals surface area (Å²) in [5.41, 5.74) is 0. The van der Waals surface area contributed by atoms with Gasteiger partial charge in [0.25, 0.3) is 0 Å². The number of hydrogen-bond donors (Lipinski definition) is 1. The van der Waals surface area contributed by atoms with E-state index in [9.17, 15) is 8.42 Å². The van der Waals surface area contributed by atoms with Crippen LogP contribution in [-0.4, -0.2) is 50.0 Å². The van der Waals surface area contributed by atoms with Crippen molar-refractivity contribution in [2.75, 3.05) is 24.6 Å². The summed E-state index contributed by atoms with van der Waals surface area (Å²) in [5, 5.41) is 3.32. The molecule has 2 heterocycles. The first kappa shape index (κ1) is 14.1. The molecule has 1 aromatic rings. The van der Waals surface area contributed by atoms with Crippen LogP contribution in [0.2, 0.25) is 0 Å². The van der Waals surface area contributed by atoms with Crippen LogP contribution >= 0.6 is 0 Å². The van der Waals surface area contributed by atoms with Gasteiger partial charge in [0.05, 0.1) is 24.3 Å². The Hall–Kier alpha value is -0.850. The topological polar surface area (TPSA) is 62.6 Å². The lowest BCUT2D eigenvalue weighted by molar-refractivity contribution is 0.222. The molecule has 1 aromatic heterocycles. The standard InChI is InChI=1S/C14H22N2O3S/c17-20(18)9-6-15-12(11-20)5-7-16(13-3-4-13)10-14-2-1-8-19-14/h1-2,8,12-13,15H,3-7,9-11H2. The lowest BCUT2D eigenvalue weighted by atomic mass is 10.2. The van der Waals surface area contributed by atoms with Gasteiger partial charge in [-0.3, -0.25) is 4.90 Å². The molecular formula is C14H22N2O3S. The maximum atomic E-state index is 11.6. The summed E-state index contributed by atoms with van der Waals surface area (Å²) in [5.74, 6) is 1.55. The molecule has 1 saturated heterocycles. The number of nitrogens with one attached hydrogen (secondary N) is 1. The van der Waals surface area contributed by atoms with E-state index in [4.69, 9.17) is 4.42 Å². The van der Waals surface area contributed by atoms with Crippen LogP contribution < -0.4 is 5.32 Å². The highest BCUT2D eigenvalue weighted by Gasteiger charge is 2.31. The first-order chi connectivity index (χ1) is 9.62. The largest absolute Gasteiger partial charge is 0.468 e. The Labute approximate surface area is 120 Å². The summed E-state index contributed by atoms with van der Waals surface area (Å²) in [6.45, 7) is 2.35. The van der Waals surface area contributed by atoms with Gasteiger partial charge in [0.2, 0.25) is 0 Å². The number of hydrogen-bond acceptors (Lipinski definition) is 5. The van der Waals surface area contributed by atoms with Crippen molar-refractivity contribution in [1.29, 1.82) is 0 Å². The van der Waals surface area contributed by atoms with Crippen molar-refractivity contribution in [3.8, 4) is 0 Å². The third kappa shape index (κ3) is 3.84. The summed E-state index contributed by atoms with van der Waals surface area (Å²) >= 11 is 0. The van der Waals surface area contributed by atoms with E-state index in [1.165, 1.54) is 12.8 Å². The summed E-state index contributed by atoms with van der Waals surface area (Å²) in [6.07, 6.45) is 5.08. The van der Waals surface area contributed by atoms with Gasteiger partial charge in [0.1, 0.15) is 5.76 Å². The second-order valence-electron chi connectivity index (χ2n) is 5.84. The Bertz CT molecular complexity index is 523. The SMILES string of the molecule is O=S1(=O)CCNC(CCN(Cc2ccco2)C2CC2)C1. The predicted molar refractivity (Wildman–Crippen MR) is 77.2 cm³/mol. The molecule has 2 aliphatic rings. The minimum absolute atomic E-state index is 0.103. The van der Waals surface area contributed by atoms with Gasteiger partial charge in [-0.15, -0.1) is 0 Å². The highest BCUT2D eigenvalue weighted by atomic mass is 32.2. The Morgan fingerprint density at radius 1 is 1.40 bits per heavy atom. The molecule has 1 atom stereocenters. The molecule has 2 fully saturated rings. The van der Waals surface area contributed by atoms with E-state index in [-0.39, 0.29) is 17.5 Å². The first-order valence-electron chi connectivity index (χ1n) is 7.33. The van der Waals surface area contributed by atoms with E-state index in [0.717, 1.165) is 25.3 Å². The maximum Gasteiger partial charge on any atom is 0.153 e. The molecule has 6 heteroatoms. The zero-order valence-corrected chi connectivity index (χ0v) is 12.4. The van der Waals surface area contributed by atoms with E-state index in [0.29, 0.717) is 12.6 Å². The molecule has 1 N–H and O–H groups in total. The normalized spacial score (nSPS) is 25.9. The summed E-state index contributed by atoms with van der Waals surface area (Å²) in [4.78, 5) is 2.42. The van der Waals surface area contributed by atoms with Crippen molar-refractivity contribution in [1.82, 2.24) is 10.2 Å². The molecule has 1 saturated carbocycles. The van der Waals surface area contributed by atoms with E-state index in [1.807, 2.05) is 12.1 Å². The lowest BCUT2D eigenvalue weighted by Gasteiger charge is -2.27. The molecular weight excluding hydrogens is 276 g/mol. The number of sulfone groups is 1. The Kier molecular flexibility index (Phi) is 4.14. The van der Waals surface area contributed by atoms with Crippen LogP contribution in [0.25, 0.3) is 0 Å². The van der Waals surface area contributed by atoms with Gasteiger partial charge in [-0.25, -0.2) is 8.42 Å². The van der Waals surface area contributed by atoms with Crippen LogP contribution in [0.15, 0.2) is 22.8 Å². The lowest BCUT2D eigenvalue weighted by Crippen LogP contribution is -2.46. The molecule has 0 bridgehead atoms. The highest BCUT2D eigenvalue weighted by Crippen LogP contribution is 2.28. The molecule has 20 heavy (non-hydrogen) atoms. The number of rotatable bonds is 6. The third-order valence-electron chi connectivity index (χ3n) is 4.07. The van der Waals surface area contributed by atoms with E-state index < -0.39 is 9.84 Å². The predicted octanol–water partition coefficient (Wildman–Crippen LogP) is 1.02. The molecule has 1 unspecified atom stereocenters. The Balaban J connectivity index is 1.52. The fourth-order valence-electron chi connectivity index (χ4n) is 2.81. The van der Waals surface area contributed by atoms with Gasteiger partial charge >= 0.3 is 0 Å². The third-order valence-corrected chi connectivity index (χ3v) is 5.80. The summed E-state index contributed by atoms with van der Waals surface area (Å²) in [6, 6.07) is 4.67. The van der Waals surface area contributed by atoms with Crippen molar-refractivity contribution in [2.24, 2.45) is 0 Å². The van der Waals surface area contributed by atoms with Crippen molar-refractivity contribution >= 4 is 9.84 Å². The molecule has 3 rings (SSSR count). The van der Waals surface area contributed by atoms with Gasteiger partial charge in [-0.05, 0) is 31.4 Å². The van der Waals surface area contributed by atoms with Crippen LogP contribution in [0.5, 0.6) is 0 Å². The first-order valence-corrected chi connectivity index (χ1v) is 9.15. The van der Waals surface area contributed by atoms with E-state index >= 15 is 0 Å². The molecule has 1 aliphatic carbocycles. The quantitative estimate of drug-likeness (QED) is 0.849. The Morgan fingerprint density at radius 3 is 2.90 bits per heavy atom. The number of furan rings is 1. The van der Waals surface area contributed by atoms with Gasteiger partial charge in [0.15, 0.2) is 9.84 Å². The van der Waals surface area contributed by atoms with Crippen LogP contribution in [0.4, 0.5) is 0 Å².